The van der Waals surface area contributed by atoms with Gasteiger partial charge in [0.2, 0.25) is 0 Å². The molecule has 0 N–H and O–H groups in total. The lowest BCUT2D eigenvalue weighted by molar-refractivity contribution is -0.135. The fourth-order valence-electron chi connectivity index (χ4n) is 2.34. The molecule has 124 valence electrons. The molecule has 0 atom stereocenters. The molecule has 0 spiro atoms. The Kier molecular flexibility index (Phi) is 4.44. The van der Waals surface area contributed by atoms with Gasteiger partial charge in [-0.15, -0.1) is 0 Å². The van der Waals surface area contributed by atoms with E-state index in [-0.39, 0.29) is 23.6 Å². The number of benzene rings is 2. The minimum absolute atomic E-state index is 0.167. The van der Waals surface area contributed by atoms with Crippen LogP contribution < -0.4 is 15.0 Å². The first kappa shape index (κ1) is 16.2. The second-order valence-electron chi connectivity index (χ2n) is 5.15. The summed E-state index contributed by atoms with van der Waals surface area (Å²) < 4.78 is 11.4. The minimum atomic E-state index is -0.673. The van der Waals surface area contributed by atoms with E-state index in [9.17, 15) is 9.59 Å². The van der Waals surface area contributed by atoms with Crippen LogP contribution in [0.2, 0.25) is 0 Å². The molecule has 25 heavy (non-hydrogen) atoms. The smallest absolute Gasteiger partial charge is 0.333 e. The van der Waals surface area contributed by atoms with Gasteiger partial charge < -0.3 is 9.47 Å². The number of carbonyl (C=O) groups excluding carboxylic acids is 1. The van der Waals surface area contributed by atoms with Gasteiger partial charge >= 0.3 is 5.97 Å². The Hall–Kier alpha value is -3.66. The van der Waals surface area contributed by atoms with Crippen molar-refractivity contribution in [1.29, 1.82) is 5.26 Å². The normalized spacial score (nSPS) is 10.2. The molecule has 7 heteroatoms. The van der Waals surface area contributed by atoms with Crippen LogP contribution in [0.15, 0.2) is 53.5 Å². The van der Waals surface area contributed by atoms with Gasteiger partial charge in [0.15, 0.2) is 11.5 Å². The number of rotatable bonds is 4. The van der Waals surface area contributed by atoms with Gasteiger partial charge in [0.25, 0.3) is 5.56 Å². The standard InChI is InChI=1S/C18H13N3O4/c1-24-16-8-12(9-19)6-7-15(16)25-17(22)11-21-18(23)14-5-3-2-4-13(14)10-20-21/h2-8,10H,11H2,1H3. The Morgan fingerprint density at radius 1 is 1.24 bits per heavy atom. The monoisotopic (exact) mass is 335 g/mol. The van der Waals surface area contributed by atoms with Gasteiger partial charge in [0, 0.05) is 11.5 Å². The summed E-state index contributed by atoms with van der Waals surface area (Å²) in [5, 5.41) is 14.0. The summed E-state index contributed by atoms with van der Waals surface area (Å²) in [6.07, 6.45) is 1.52. The Labute approximate surface area is 142 Å². The molecule has 0 fully saturated rings. The van der Waals surface area contributed by atoms with Crippen LogP contribution in [0.3, 0.4) is 0 Å². The van der Waals surface area contributed by atoms with Crippen LogP contribution >= 0.6 is 0 Å². The summed E-state index contributed by atoms with van der Waals surface area (Å²) in [5.74, 6) is -0.251. The van der Waals surface area contributed by atoms with Crippen molar-refractivity contribution >= 4 is 16.7 Å². The summed E-state index contributed by atoms with van der Waals surface area (Å²) in [4.78, 5) is 24.5. The number of esters is 1. The fourth-order valence-corrected chi connectivity index (χ4v) is 2.34. The van der Waals surface area contributed by atoms with Crippen molar-refractivity contribution in [2.24, 2.45) is 0 Å². The van der Waals surface area contributed by atoms with Crippen LogP contribution in [-0.2, 0) is 11.3 Å². The number of ether oxygens (including phenoxy) is 2. The second kappa shape index (κ2) is 6.84. The molecule has 0 bridgehead atoms. The zero-order valence-corrected chi connectivity index (χ0v) is 13.3. The maximum atomic E-state index is 12.4. The van der Waals surface area contributed by atoms with Gasteiger partial charge in [-0.3, -0.25) is 4.79 Å². The first-order valence-corrected chi connectivity index (χ1v) is 7.36. The average Bonchev–Trinajstić information content (AvgIpc) is 2.64. The molecular formula is C18H13N3O4. The highest BCUT2D eigenvalue weighted by Crippen LogP contribution is 2.27. The maximum absolute atomic E-state index is 12.4. The summed E-state index contributed by atoms with van der Waals surface area (Å²) in [7, 11) is 1.41. The molecule has 0 saturated carbocycles. The quantitative estimate of drug-likeness (QED) is 0.534. The number of hydrogen-bond donors (Lipinski definition) is 0. The highest BCUT2D eigenvalue weighted by atomic mass is 16.6. The molecule has 0 aliphatic carbocycles. The number of methoxy groups -OCH3 is 1. The largest absolute Gasteiger partial charge is 0.493 e. The van der Waals surface area contributed by atoms with Crippen LogP contribution in [0, 0.1) is 11.3 Å². The van der Waals surface area contributed by atoms with E-state index in [0.29, 0.717) is 16.3 Å². The van der Waals surface area contributed by atoms with E-state index in [1.165, 1.54) is 31.5 Å². The summed E-state index contributed by atoms with van der Waals surface area (Å²) >= 11 is 0. The highest BCUT2D eigenvalue weighted by molar-refractivity contribution is 5.80. The van der Waals surface area contributed by atoms with E-state index in [1.807, 2.05) is 6.07 Å². The van der Waals surface area contributed by atoms with Crippen molar-refractivity contribution in [3.63, 3.8) is 0 Å². The van der Waals surface area contributed by atoms with Gasteiger partial charge in [-0.05, 0) is 18.2 Å². The molecule has 2 aromatic carbocycles. The van der Waals surface area contributed by atoms with Crippen molar-refractivity contribution in [3.05, 3.63) is 64.6 Å². The summed E-state index contributed by atoms with van der Waals surface area (Å²) in [6, 6.07) is 13.4. The van der Waals surface area contributed by atoms with E-state index in [2.05, 4.69) is 5.10 Å². The lowest BCUT2D eigenvalue weighted by atomic mass is 10.2. The van der Waals surface area contributed by atoms with E-state index in [4.69, 9.17) is 14.7 Å². The van der Waals surface area contributed by atoms with Crippen LogP contribution in [0.5, 0.6) is 11.5 Å². The average molecular weight is 335 g/mol. The van der Waals surface area contributed by atoms with Gasteiger partial charge in [-0.2, -0.15) is 10.4 Å². The van der Waals surface area contributed by atoms with Crippen molar-refractivity contribution < 1.29 is 14.3 Å². The molecule has 0 aliphatic rings. The molecule has 7 nitrogen and oxygen atoms in total. The van der Waals surface area contributed by atoms with Crippen LogP contribution in [0.4, 0.5) is 0 Å². The third-order valence-corrected chi connectivity index (χ3v) is 3.56. The molecule has 0 unspecified atom stereocenters. The van der Waals surface area contributed by atoms with E-state index in [0.717, 1.165) is 4.68 Å². The van der Waals surface area contributed by atoms with Crippen molar-refractivity contribution in [1.82, 2.24) is 9.78 Å². The summed E-state index contributed by atoms with van der Waals surface area (Å²) in [6.45, 7) is -0.340. The van der Waals surface area contributed by atoms with E-state index in [1.54, 1.807) is 24.3 Å². The minimum Gasteiger partial charge on any atom is -0.493 e. The van der Waals surface area contributed by atoms with Crippen LogP contribution in [0.25, 0.3) is 10.8 Å². The van der Waals surface area contributed by atoms with Crippen molar-refractivity contribution in [2.45, 2.75) is 6.54 Å². The zero-order valence-electron chi connectivity index (χ0n) is 13.3. The number of carbonyl (C=O) groups is 1. The van der Waals surface area contributed by atoms with E-state index >= 15 is 0 Å². The first-order valence-electron chi connectivity index (χ1n) is 7.36. The molecule has 1 heterocycles. The molecular weight excluding hydrogens is 322 g/mol. The number of fused-ring (bicyclic) bond motifs is 1. The third kappa shape index (κ3) is 3.33. The Morgan fingerprint density at radius 2 is 2.04 bits per heavy atom. The number of aromatic nitrogens is 2. The molecule has 3 rings (SSSR count). The van der Waals surface area contributed by atoms with Gasteiger partial charge in [0.1, 0.15) is 6.54 Å². The van der Waals surface area contributed by atoms with Gasteiger partial charge in [-0.1, -0.05) is 18.2 Å². The van der Waals surface area contributed by atoms with E-state index < -0.39 is 5.97 Å². The van der Waals surface area contributed by atoms with Crippen LogP contribution in [0.1, 0.15) is 5.56 Å². The number of nitrogens with zero attached hydrogens (tertiary/aromatic N) is 3. The van der Waals surface area contributed by atoms with Gasteiger partial charge in [0.05, 0.1) is 30.3 Å². The molecule has 1 aromatic heterocycles. The maximum Gasteiger partial charge on any atom is 0.333 e. The predicted octanol–water partition coefficient (Wildman–Crippen LogP) is 1.88. The zero-order chi connectivity index (χ0) is 17.8. The van der Waals surface area contributed by atoms with Crippen molar-refractivity contribution in [2.75, 3.05) is 7.11 Å². The SMILES string of the molecule is COc1cc(C#N)ccc1OC(=O)Cn1ncc2ccccc2c1=O. The lowest BCUT2D eigenvalue weighted by Gasteiger charge is -2.10. The van der Waals surface area contributed by atoms with Crippen molar-refractivity contribution in [3.8, 4) is 17.6 Å². The predicted molar refractivity (Wildman–Crippen MR) is 89.3 cm³/mol. The Bertz CT molecular complexity index is 1050. The number of nitriles is 1. The third-order valence-electron chi connectivity index (χ3n) is 3.56. The Morgan fingerprint density at radius 3 is 2.80 bits per heavy atom. The number of hydrogen-bond acceptors (Lipinski definition) is 6. The molecule has 0 aliphatic heterocycles. The lowest BCUT2D eigenvalue weighted by Crippen LogP contribution is -2.28. The Balaban J connectivity index is 1.83. The highest BCUT2D eigenvalue weighted by Gasteiger charge is 2.13. The fraction of sp³-hybridized carbons (Fsp3) is 0.111. The molecule has 3 aromatic rings. The van der Waals surface area contributed by atoms with Gasteiger partial charge in [-0.25, -0.2) is 9.48 Å². The first-order chi connectivity index (χ1) is 12.1. The molecule has 0 radical (unpaired) electrons. The van der Waals surface area contributed by atoms with Crippen LogP contribution in [-0.4, -0.2) is 22.9 Å². The molecule has 0 amide bonds. The topological polar surface area (TPSA) is 94.2 Å². The summed E-state index contributed by atoms with van der Waals surface area (Å²) in [5.41, 5.74) is 0.00547. The second-order valence-corrected chi connectivity index (χ2v) is 5.15. The molecule has 0 saturated heterocycles.